The number of hydrogen-bond donors (Lipinski definition) is 2. The number of rotatable bonds is 10. The van der Waals surface area contributed by atoms with E-state index in [1.54, 1.807) is 21.3 Å². The van der Waals surface area contributed by atoms with E-state index in [-0.39, 0.29) is 6.61 Å². The van der Waals surface area contributed by atoms with E-state index in [4.69, 9.17) is 42.6 Å². The van der Waals surface area contributed by atoms with Crippen molar-refractivity contribution in [2.24, 2.45) is 0 Å². The topological polar surface area (TPSA) is 124 Å². The Balaban J connectivity index is 2.29. The number of hydrogen-bond acceptors (Lipinski definition) is 11. The van der Waals surface area contributed by atoms with Crippen molar-refractivity contribution in [2.75, 3.05) is 55.9 Å². The van der Waals surface area contributed by atoms with Crippen LogP contribution in [0.3, 0.4) is 0 Å². The minimum absolute atomic E-state index is 0.242. The Labute approximate surface area is 171 Å². The normalized spacial score (nSPS) is 43.4. The van der Waals surface area contributed by atoms with Gasteiger partial charge in [0.2, 0.25) is 0 Å². The molecule has 29 heavy (non-hydrogen) atoms. The highest BCUT2D eigenvalue weighted by Crippen LogP contribution is 2.33. The lowest BCUT2D eigenvalue weighted by molar-refractivity contribution is -0.363. The van der Waals surface area contributed by atoms with E-state index in [1.807, 2.05) is 0 Å². The highest BCUT2D eigenvalue weighted by atomic mass is 16.7. The molecule has 0 spiro atoms. The Morgan fingerprint density at radius 2 is 1.21 bits per heavy atom. The van der Waals surface area contributed by atoms with Crippen molar-refractivity contribution in [2.45, 2.75) is 61.4 Å². The van der Waals surface area contributed by atoms with E-state index in [2.05, 4.69) is 0 Å². The van der Waals surface area contributed by atoms with Crippen molar-refractivity contribution in [3.63, 3.8) is 0 Å². The first kappa shape index (κ1) is 24.8. The molecule has 0 saturated carbocycles. The van der Waals surface area contributed by atoms with Crippen molar-refractivity contribution in [1.82, 2.24) is 0 Å². The van der Waals surface area contributed by atoms with Gasteiger partial charge in [-0.25, -0.2) is 0 Å². The summed E-state index contributed by atoms with van der Waals surface area (Å²) in [5, 5.41) is 19.9. The molecule has 2 aliphatic rings. The molecule has 11 heteroatoms. The lowest BCUT2D eigenvalue weighted by Crippen LogP contribution is -2.65. The number of aliphatic hydroxyl groups is 2. The maximum atomic E-state index is 10.1. The van der Waals surface area contributed by atoms with E-state index in [1.165, 1.54) is 21.3 Å². The Kier molecular flexibility index (Phi) is 10.1. The fourth-order valence-electron chi connectivity index (χ4n) is 3.97. The van der Waals surface area contributed by atoms with Gasteiger partial charge < -0.3 is 52.8 Å². The second-order valence-corrected chi connectivity index (χ2v) is 6.85. The van der Waals surface area contributed by atoms with Gasteiger partial charge in [0.25, 0.3) is 0 Å². The Bertz CT molecular complexity index is 467. The molecule has 0 aromatic heterocycles. The molecular weight excluding hydrogens is 392 g/mol. The summed E-state index contributed by atoms with van der Waals surface area (Å²) in [6.45, 7) is -0.162. The van der Waals surface area contributed by atoms with Gasteiger partial charge in [-0.15, -0.1) is 0 Å². The van der Waals surface area contributed by atoms with Crippen LogP contribution < -0.4 is 0 Å². The van der Waals surface area contributed by atoms with E-state index < -0.39 is 68.0 Å². The number of aliphatic hydroxyl groups excluding tert-OH is 2. The third-order valence-corrected chi connectivity index (χ3v) is 5.36. The summed E-state index contributed by atoms with van der Waals surface area (Å²) in [7, 11) is 9.05. The van der Waals surface area contributed by atoms with Crippen LogP contribution in [-0.4, -0.2) is 127 Å². The first-order chi connectivity index (χ1) is 14.0. The predicted molar refractivity (Wildman–Crippen MR) is 97.4 cm³/mol. The maximum Gasteiger partial charge on any atom is 0.187 e. The van der Waals surface area contributed by atoms with Crippen LogP contribution in [0.15, 0.2) is 0 Å². The van der Waals surface area contributed by atoms with E-state index in [0.717, 1.165) is 0 Å². The molecule has 2 aliphatic heterocycles. The van der Waals surface area contributed by atoms with Gasteiger partial charge in [0, 0.05) is 42.7 Å². The third-order valence-electron chi connectivity index (χ3n) is 5.36. The van der Waals surface area contributed by atoms with Crippen LogP contribution in [0.1, 0.15) is 0 Å². The molecule has 0 aromatic rings. The highest BCUT2D eigenvalue weighted by Gasteiger charge is 2.52. The largest absolute Gasteiger partial charge is 0.394 e. The Morgan fingerprint density at radius 3 is 1.69 bits per heavy atom. The van der Waals surface area contributed by atoms with Crippen LogP contribution in [0.4, 0.5) is 0 Å². The molecular formula is C18H34O11. The molecule has 0 aliphatic carbocycles. The maximum absolute atomic E-state index is 10.1. The highest BCUT2D eigenvalue weighted by molar-refractivity contribution is 4.96. The van der Waals surface area contributed by atoms with Crippen molar-refractivity contribution in [3.05, 3.63) is 0 Å². The number of ether oxygens (including phenoxy) is 9. The monoisotopic (exact) mass is 426 g/mol. The molecule has 10 atom stereocenters. The average molecular weight is 426 g/mol. The fourth-order valence-corrected chi connectivity index (χ4v) is 3.97. The zero-order valence-electron chi connectivity index (χ0n) is 17.8. The Morgan fingerprint density at radius 1 is 0.655 bits per heavy atom. The summed E-state index contributed by atoms with van der Waals surface area (Å²) in [5.41, 5.74) is 0. The van der Waals surface area contributed by atoms with Gasteiger partial charge in [0.1, 0.15) is 48.8 Å². The van der Waals surface area contributed by atoms with Gasteiger partial charge in [-0.05, 0) is 0 Å². The quantitative estimate of drug-likeness (QED) is 0.425. The summed E-state index contributed by atoms with van der Waals surface area (Å²) in [4.78, 5) is 0. The Hall–Kier alpha value is -0.440. The van der Waals surface area contributed by atoms with Gasteiger partial charge in [0.15, 0.2) is 12.6 Å². The lowest BCUT2D eigenvalue weighted by atomic mass is 9.96. The third kappa shape index (κ3) is 5.25. The predicted octanol–water partition coefficient (Wildman–Crippen LogP) is -1.47. The SMILES string of the molecule is COC[C@H]1O[C@@H](O[C@H]2[C@H](OC)[C@@H](OC)[C@@H](O)O[C@@H]2CO)[C@H](OC)[C@@H](OC)[C@@H]1OC. The fraction of sp³-hybridized carbons (Fsp3) is 1.00. The molecule has 11 nitrogen and oxygen atoms in total. The van der Waals surface area contributed by atoms with E-state index in [9.17, 15) is 10.2 Å². The molecule has 172 valence electrons. The first-order valence-electron chi connectivity index (χ1n) is 9.39. The molecule has 0 bridgehead atoms. The second-order valence-electron chi connectivity index (χ2n) is 6.85. The molecule has 2 heterocycles. The lowest BCUT2D eigenvalue weighted by Gasteiger charge is -2.48. The standard InChI is InChI=1S/C18H34O11/c1-21-8-10-11(22-2)13(23-3)16(26-6)18(28-10)29-12-9(7-19)27-17(20)15(25-5)14(12)24-4/h9-20H,7-8H2,1-6H3/t9-,10-,11-,12-,13+,14+,15-,16-,17+,18+/m1/s1. The van der Waals surface area contributed by atoms with Crippen molar-refractivity contribution < 1.29 is 52.8 Å². The molecule has 2 rings (SSSR count). The molecule has 0 amide bonds. The first-order valence-corrected chi connectivity index (χ1v) is 9.39. The van der Waals surface area contributed by atoms with Gasteiger partial charge >= 0.3 is 0 Å². The van der Waals surface area contributed by atoms with Crippen LogP contribution in [-0.2, 0) is 42.6 Å². The van der Waals surface area contributed by atoms with Crippen molar-refractivity contribution in [3.8, 4) is 0 Å². The zero-order chi connectivity index (χ0) is 21.6. The van der Waals surface area contributed by atoms with Crippen molar-refractivity contribution >= 4 is 0 Å². The molecule has 2 N–H and O–H groups in total. The minimum atomic E-state index is -1.28. The average Bonchev–Trinajstić information content (AvgIpc) is 2.73. The van der Waals surface area contributed by atoms with Gasteiger partial charge in [0.05, 0.1) is 13.2 Å². The molecule has 0 radical (unpaired) electrons. The van der Waals surface area contributed by atoms with Crippen LogP contribution in [0.25, 0.3) is 0 Å². The minimum Gasteiger partial charge on any atom is -0.394 e. The zero-order valence-corrected chi connectivity index (χ0v) is 17.8. The summed E-state index contributed by atoms with van der Waals surface area (Å²) < 4.78 is 50.6. The summed E-state index contributed by atoms with van der Waals surface area (Å²) in [6, 6.07) is 0. The summed E-state index contributed by atoms with van der Waals surface area (Å²) >= 11 is 0. The molecule has 2 saturated heterocycles. The smallest absolute Gasteiger partial charge is 0.187 e. The van der Waals surface area contributed by atoms with Crippen LogP contribution >= 0.6 is 0 Å². The second kappa shape index (κ2) is 11.8. The number of methoxy groups -OCH3 is 6. The molecule has 0 unspecified atom stereocenters. The van der Waals surface area contributed by atoms with Gasteiger partial charge in [-0.2, -0.15) is 0 Å². The van der Waals surface area contributed by atoms with Gasteiger partial charge in [-0.3, -0.25) is 0 Å². The molecule has 0 aromatic carbocycles. The van der Waals surface area contributed by atoms with Gasteiger partial charge in [-0.1, -0.05) is 0 Å². The van der Waals surface area contributed by atoms with E-state index >= 15 is 0 Å². The van der Waals surface area contributed by atoms with Crippen molar-refractivity contribution in [1.29, 1.82) is 0 Å². The van der Waals surface area contributed by atoms with E-state index in [0.29, 0.717) is 0 Å². The van der Waals surface area contributed by atoms with Crippen LogP contribution in [0.2, 0.25) is 0 Å². The summed E-state index contributed by atoms with van der Waals surface area (Å²) in [6.07, 6.45) is -7.54. The van der Waals surface area contributed by atoms with Crippen LogP contribution in [0, 0.1) is 0 Å². The van der Waals surface area contributed by atoms with Crippen LogP contribution in [0.5, 0.6) is 0 Å². The summed E-state index contributed by atoms with van der Waals surface area (Å²) in [5.74, 6) is 0. The molecule has 2 fully saturated rings.